The van der Waals surface area contributed by atoms with Crippen molar-refractivity contribution in [2.75, 3.05) is 13.1 Å². The summed E-state index contributed by atoms with van der Waals surface area (Å²) in [5, 5.41) is 4.09. The van der Waals surface area contributed by atoms with Crippen LogP contribution in [0.1, 0.15) is 50.3 Å². The van der Waals surface area contributed by atoms with Crippen molar-refractivity contribution in [1.82, 2.24) is 15.0 Å². The molecule has 1 aromatic heterocycles. The summed E-state index contributed by atoms with van der Waals surface area (Å²) < 4.78 is 11.6. The molecule has 6 heteroatoms. The molecular formula is C20H23N3O3. The summed E-state index contributed by atoms with van der Waals surface area (Å²) in [5.41, 5.74) is 0.826. The Kier molecular flexibility index (Phi) is 3.91. The van der Waals surface area contributed by atoms with E-state index in [1.165, 1.54) is 12.8 Å². The fourth-order valence-corrected chi connectivity index (χ4v) is 3.90. The second-order valence-corrected chi connectivity index (χ2v) is 7.69. The van der Waals surface area contributed by atoms with Crippen LogP contribution in [0.3, 0.4) is 0 Å². The number of rotatable bonds is 5. The number of aromatic nitrogens is 2. The third-order valence-electron chi connectivity index (χ3n) is 5.66. The molecule has 0 N–H and O–H groups in total. The molecule has 2 aliphatic carbocycles. The van der Waals surface area contributed by atoms with Gasteiger partial charge >= 0.3 is 0 Å². The van der Waals surface area contributed by atoms with Crippen LogP contribution in [0.2, 0.25) is 0 Å². The second-order valence-electron chi connectivity index (χ2n) is 7.69. The number of carbonyl (C=O) groups excluding carboxylic acids is 1. The first kappa shape index (κ1) is 15.9. The van der Waals surface area contributed by atoms with Gasteiger partial charge < -0.3 is 14.2 Å². The Morgan fingerprint density at radius 3 is 2.65 bits per heavy atom. The van der Waals surface area contributed by atoms with E-state index in [4.69, 9.17) is 9.26 Å². The van der Waals surface area contributed by atoms with E-state index >= 15 is 0 Å². The first-order valence-corrected chi connectivity index (χ1v) is 9.66. The van der Waals surface area contributed by atoms with E-state index in [2.05, 4.69) is 10.1 Å². The maximum absolute atomic E-state index is 12.4. The zero-order chi connectivity index (χ0) is 17.5. The van der Waals surface area contributed by atoms with E-state index in [9.17, 15) is 4.79 Å². The van der Waals surface area contributed by atoms with Gasteiger partial charge in [-0.3, -0.25) is 4.79 Å². The zero-order valence-corrected chi connectivity index (χ0v) is 14.8. The molecule has 0 atom stereocenters. The Morgan fingerprint density at radius 2 is 1.88 bits per heavy atom. The highest BCUT2D eigenvalue weighted by atomic mass is 16.5. The zero-order valence-electron chi connectivity index (χ0n) is 14.8. The van der Waals surface area contributed by atoms with Crippen LogP contribution in [0.4, 0.5) is 0 Å². The Bertz CT molecular complexity index is 802. The lowest BCUT2D eigenvalue weighted by atomic mass is 10.0. The number of carbonyl (C=O) groups is 1. The molecule has 2 heterocycles. The average Bonchev–Trinajstić information content (AvgIpc) is 3.12. The number of ether oxygens (including phenoxy) is 1. The minimum atomic E-state index is 0.0346. The van der Waals surface area contributed by atoms with Crippen molar-refractivity contribution in [3.63, 3.8) is 0 Å². The lowest BCUT2D eigenvalue weighted by Gasteiger charge is -2.40. The lowest BCUT2D eigenvalue weighted by Crippen LogP contribution is -2.57. The maximum Gasteiger partial charge on any atom is 0.261 e. The van der Waals surface area contributed by atoms with Gasteiger partial charge in [-0.05, 0) is 37.8 Å². The highest BCUT2D eigenvalue weighted by molar-refractivity contribution is 5.80. The SMILES string of the molecule is O=C(C1CCCC1)N1CC(Oc2ccccc2-c2nc(C3CC3)no2)C1. The Balaban J connectivity index is 1.24. The van der Waals surface area contributed by atoms with Gasteiger partial charge in [0.05, 0.1) is 18.7 Å². The number of likely N-dealkylation sites (tertiary alicyclic amines) is 1. The Labute approximate surface area is 152 Å². The molecule has 1 saturated heterocycles. The fourth-order valence-electron chi connectivity index (χ4n) is 3.90. The topological polar surface area (TPSA) is 68.5 Å². The minimum Gasteiger partial charge on any atom is -0.486 e. The summed E-state index contributed by atoms with van der Waals surface area (Å²) in [4.78, 5) is 18.9. The first-order valence-electron chi connectivity index (χ1n) is 9.66. The predicted octanol–water partition coefficient (Wildman–Crippen LogP) is 3.39. The number of hydrogen-bond donors (Lipinski definition) is 0. The van der Waals surface area contributed by atoms with Crippen LogP contribution in [-0.2, 0) is 4.79 Å². The van der Waals surface area contributed by atoms with Gasteiger partial charge in [0.15, 0.2) is 5.82 Å². The molecule has 3 fully saturated rings. The highest BCUT2D eigenvalue weighted by Crippen LogP contribution is 2.40. The van der Waals surface area contributed by atoms with Crippen LogP contribution < -0.4 is 4.74 Å². The molecule has 136 valence electrons. The molecule has 0 bridgehead atoms. The van der Waals surface area contributed by atoms with Gasteiger partial charge in [0.1, 0.15) is 11.9 Å². The summed E-state index contributed by atoms with van der Waals surface area (Å²) in [6.45, 7) is 1.33. The van der Waals surface area contributed by atoms with Crippen LogP contribution in [0.15, 0.2) is 28.8 Å². The number of benzene rings is 1. The van der Waals surface area contributed by atoms with Crippen molar-refractivity contribution in [2.45, 2.75) is 50.5 Å². The molecule has 5 rings (SSSR count). The average molecular weight is 353 g/mol. The van der Waals surface area contributed by atoms with Gasteiger partial charge in [-0.2, -0.15) is 4.98 Å². The molecule has 1 aromatic carbocycles. The van der Waals surface area contributed by atoms with E-state index in [1.807, 2.05) is 29.2 Å². The standard InChI is InChI=1S/C20H23N3O3/c24-20(14-5-1-2-6-14)23-11-15(12-23)25-17-8-4-3-7-16(17)19-21-18(22-26-19)13-9-10-13/h3-4,7-8,13-15H,1-2,5-6,9-12H2. The van der Waals surface area contributed by atoms with Gasteiger partial charge in [0.25, 0.3) is 5.89 Å². The minimum absolute atomic E-state index is 0.0346. The van der Waals surface area contributed by atoms with E-state index < -0.39 is 0 Å². The smallest absolute Gasteiger partial charge is 0.261 e. The first-order chi connectivity index (χ1) is 12.8. The largest absolute Gasteiger partial charge is 0.486 e. The van der Waals surface area contributed by atoms with E-state index in [1.54, 1.807) is 0 Å². The summed E-state index contributed by atoms with van der Waals surface area (Å²) in [6.07, 6.45) is 6.78. The molecule has 0 spiro atoms. The van der Waals surface area contributed by atoms with E-state index in [0.717, 1.165) is 42.8 Å². The van der Waals surface area contributed by atoms with Crippen LogP contribution in [-0.4, -0.2) is 40.1 Å². The second kappa shape index (κ2) is 6.41. The van der Waals surface area contributed by atoms with Crippen molar-refractivity contribution in [1.29, 1.82) is 0 Å². The molecule has 6 nitrogen and oxygen atoms in total. The van der Waals surface area contributed by atoms with Crippen molar-refractivity contribution >= 4 is 5.91 Å². The summed E-state index contributed by atoms with van der Waals surface area (Å²) in [6, 6.07) is 7.76. The number of para-hydroxylation sites is 1. The van der Waals surface area contributed by atoms with Crippen molar-refractivity contribution in [3.05, 3.63) is 30.1 Å². The molecule has 0 unspecified atom stereocenters. The molecule has 2 saturated carbocycles. The molecular weight excluding hydrogens is 330 g/mol. The van der Waals surface area contributed by atoms with Crippen LogP contribution in [0, 0.1) is 5.92 Å². The van der Waals surface area contributed by atoms with Gasteiger partial charge in [0.2, 0.25) is 5.91 Å². The van der Waals surface area contributed by atoms with Crippen molar-refractivity contribution in [2.24, 2.45) is 5.92 Å². The fraction of sp³-hybridized carbons (Fsp3) is 0.550. The Morgan fingerprint density at radius 1 is 1.12 bits per heavy atom. The number of hydrogen-bond acceptors (Lipinski definition) is 5. The van der Waals surface area contributed by atoms with Crippen molar-refractivity contribution in [3.8, 4) is 17.2 Å². The molecule has 1 aliphatic heterocycles. The number of nitrogens with zero attached hydrogens (tertiary/aromatic N) is 3. The molecule has 0 radical (unpaired) electrons. The maximum atomic E-state index is 12.4. The summed E-state index contributed by atoms with van der Waals surface area (Å²) in [5.74, 6) is 3.07. The monoisotopic (exact) mass is 353 g/mol. The molecule has 2 aromatic rings. The third kappa shape index (κ3) is 2.97. The Hall–Kier alpha value is -2.37. The lowest BCUT2D eigenvalue weighted by molar-refractivity contribution is -0.144. The van der Waals surface area contributed by atoms with Gasteiger partial charge in [-0.1, -0.05) is 30.1 Å². The van der Waals surface area contributed by atoms with Gasteiger partial charge in [-0.25, -0.2) is 0 Å². The molecule has 3 aliphatic rings. The molecule has 1 amide bonds. The third-order valence-corrected chi connectivity index (χ3v) is 5.66. The van der Waals surface area contributed by atoms with Crippen LogP contribution in [0.25, 0.3) is 11.5 Å². The summed E-state index contributed by atoms with van der Waals surface area (Å²) >= 11 is 0. The molecule has 26 heavy (non-hydrogen) atoms. The van der Waals surface area contributed by atoms with E-state index in [-0.39, 0.29) is 12.0 Å². The summed E-state index contributed by atoms with van der Waals surface area (Å²) in [7, 11) is 0. The van der Waals surface area contributed by atoms with Crippen LogP contribution >= 0.6 is 0 Å². The quantitative estimate of drug-likeness (QED) is 0.824. The predicted molar refractivity (Wildman–Crippen MR) is 94.7 cm³/mol. The normalized spacial score (nSPS) is 21.0. The van der Waals surface area contributed by atoms with Gasteiger partial charge in [0, 0.05) is 11.8 Å². The van der Waals surface area contributed by atoms with E-state index in [0.29, 0.717) is 30.8 Å². The van der Waals surface area contributed by atoms with Crippen LogP contribution in [0.5, 0.6) is 5.75 Å². The highest BCUT2D eigenvalue weighted by Gasteiger charge is 2.37. The van der Waals surface area contributed by atoms with Gasteiger partial charge in [-0.15, -0.1) is 0 Å². The van der Waals surface area contributed by atoms with Crippen molar-refractivity contribution < 1.29 is 14.1 Å². The number of amides is 1.